The average molecular weight is 314 g/mol. The van der Waals surface area contributed by atoms with Crippen molar-refractivity contribution in [2.45, 2.75) is 18.9 Å². The summed E-state index contributed by atoms with van der Waals surface area (Å²) < 4.78 is 2.08. The number of imidazole rings is 1. The molecule has 1 atom stereocenters. The quantitative estimate of drug-likeness (QED) is 0.704. The van der Waals surface area contributed by atoms with Gasteiger partial charge < -0.3 is 14.9 Å². The van der Waals surface area contributed by atoms with Crippen molar-refractivity contribution in [3.05, 3.63) is 65.1 Å². The number of carbonyl (C=O) groups is 1. The summed E-state index contributed by atoms with van der Waals surface area (Å²) in [4.78, 5) is 19.2. The molecular weight excluding hydrogens is 296 g/mol. The highest BCUT2D eigenvalue weighted by Gasteiger charge is 2.17. The fourth-order valence-electron chi connectivity index (χ4n) is 2.42. The van der Waals surface area contributed by atoms with Gasteiger partial charge in [-0.05, 0) is 34.5 Å². The number of nitrogens with one attached hydrogen (secondary N) is 2. The summed E-state index contributed by atoms with van der Waals surface area (Å²) in [6, 6.07) is 6.09. The number of H-pyrrole nitrogens is 1. The summed E-state index contributed by atoms with van der Waals surface area (Å²) in [6.45, 7) is 0.614. The number of nitrogens with zero attached hydrogens (tertiary/aromatic N) is 2. The third-order valence-electron chi connectivity index (χ3n) is 3.57. The number of aromatic amines is 1. The minimum Gasteiger partial charge on any atom is -0.356 e. The third kappa shape index (κ3) is 3.65. The predicted octanol–water partition coefficient (Wildman–Crippen LogP) is 2.61. The summed E-state index contributed by atoms with van der Waals surface area (Å²) >= 11 is 1.65. The first-order valence-corrected chi connectivity index (χ1v) is 8.15. The molecule has 114 valence electrons. The topological polar surface area (TPSA) is 62.7 Å². The average Bonchev–Trinajstić information content (AvgIpc) is 3.26. The Kier molecular flexibility index (Phi) is 4.70. The van der Waals surface area contributed by atoms with Crippen LogP contribution >= 0.6 is 11.3 Å². The van der Waals surface area contributed by atoms with E-state index in [-0.39, 0.29) is 11.9 Å². The number of carbonyl (C=O) groups excluding carboxylic acids is 1. The smallest absolute Gasteiger partial charge is 0.222 e. The lowest BCUT2D eigenvalue weighted by Gasteiger charge is -2.18. The fourth-order valence-corrected chi connectivity index (χ4v) is 3.13. The van der Waals surface area contributed by atoms with Gasteiger partial charge >= 0.3 is 0 Å². The van der Waals surface area contributed by atoms with E-state index in [1.54, 1.807) is 23.9 Å². The van der Waals surface area contributed by atoms with Crippen LogP contribution in [0.15, 0.2) is 53.9 Å². The molecule has 1 unspecified atom stereocenters. The van der Waals surface area contributed by atoms with E-state index in [0.717, 1.165) is 12.1 Å². The molecule has 0 fully saturated rings. The number of rotatable bonds is 7. The minimum atomic E-state index is 0.0494. The highest BCUT2D eigenvalue weighted by atomic mass is 32.1. The van der Waals surface area contributed by atoms with Crippen molar-refractivity contribution in [3.63, 3.8) is 0 Å². The Labute approximate surface area is 133 Å². The molecule has 0 aliphatic carbocycles. The number of hydrogen-bond donors (Lipinski definition) is 2. The van der Waals surface area contributed by atoms with E-state index in [1.807, 2.05) is 29.9 Å². The fraction of sp³-hybridized carbons (Fsp3) is 0.250. The van der Waals surface area contributed by atoms with Crippen LogP contribution in [-0.2, 0) is 11.2 Å². The molecular formula is C16H18N4OS. The molecule has 0 spiro atoms. The first kappa shape index (κ1) is 14.6. The van der Waals surface area contributed by atoms with Gasteiger partial charge in [-0.1, -0.05) is 0 Å². The molecule has 3 aromatic rings. The zero-order valence-electron chi connectivity index (χ0n) is 12.1. The van der Waals surface area contributed by atoms with E-state index in [4.69, 9.17) is 0 Å². The van der Waals surface area contributed by atoms with Crippen LogP contribution < -0.4 is 5.32 Å². The van der Waals surface area contributed by atoms with Crippen LogP contribution in [0, 0.1) is 0 Å². The number of hydrogen-bond acceptors (Lipinski definition) is 3. The summed E-state index contributed by atoms with van der Waals surface area (Å²) in [5, 5.41) is 7.12. The Morgan fingerprint density at radius 1 is 1.41 bits per heavy atom. The second kappa shape index (κ2) is 7.09. The van der Waals surface area contributed by atoms with Crippen molar-refractivity contribution >= 4 is 17.2 Å². The van der Waals surface area contributed by atoms with Crippen molar-refractivity contribution < 1.29 is 4.79 Å². The highest BCUT2D eigenvalue weighted by molar-refractivity contribution is 7.07. The first-order valence-electron chi connectivity index (χ1n) is 7.21. The molecule has 6 heteroatoms. The van der Waals surface area contributed by atoms with E-state index >= 15 is 0 Å². The number of aromatic nitrogens is 3. The molecule has 2 N–H and O–H groups in total. The van der Waals surface area contributed by atoms with Gasteiger partial charge in [0, 0.05) is 37.3 Å². The van der Waals surface area contributed by atoms with Crippen LogP contribution in [0.25, 0.3) is 0 Å². The van der Waals surface area contributed by atoms with Crippen molar-refractivity contribution in [3.8, 4) is 0 Å². The van der Waals surface area contributed by atoms with Gasteiger partial charge in [0.2, 0.25) is 5.91 Å². The number of amides is 1. The highest BCUT2D eigenvalue weighted by Crippen LogP contribution is 2.24. The van der Waals surface area contributed by atoms with Crippen LogP contribution in [0.4, 0.5) is 0 Å². The van der Waals surface area contributed by atoms with E-state index < -0.39 is 0 Å². The Morgan fingerprint density at radius 3 is 2.95 bits per heavy atom. The Morgan fingerprint density at radius 2 is 2.27 bits per heavy atom. The van der Waals surface area contributed by atoms with Crippen molar-refractivity contribution in [1.29, 1.82) is 0 Å². The zero-order chi connectivity index (χ0) is 15.2. The maximum Gasteiger partial charge on any atom is 0.222 e. The molecule has 0 bridgehead atoms. The zero-order valence-corrected chi connectivity index (χ0v) is 12.9. The molecule has 0 aromatic carbocycles. The van der Waals surface area contributed by atoms with Crippen LogP contribution in [-0.4, -0.2) is 27.0 Å². The molecule has 3 aromatic heterocycles. The van der Waals surface area contributed by atoms with Gasteiger partial charge in [-0.3, -0.25) is 4.79 Å². The van der Waals surface area contributed by atoms with Crippen molar-refractivity contribution in [2.75, 3.05) is 6.54 Å². The third-order valence-corrected chi connectivity index (χ3v) is 4.27. The van der Waals surface area contributed by atoms with Crippen LogP contribution in [0.1, 0.15) is 23.7 Å². The van der Waals surface area contributed by atoms with Gasteiger partial charge in [0.15, 0.2) is 0 Å². The Balaban J connectivity index is 1.57. The SMILES string of the molecule is O=C(CC(c1ccsc1)n1cccc1)NCCc1cnc[nH]1. The number of thiophene rings is 1. The van der Waals surface area contributed by atoms with Gasteiger partial charge in [0.05, 0.1) is 18.8 Å². The summed E-state index contributed by atoms with van der Waals surface area (Å²) in [7, 11) is 0. The van der Waals surface area contributed by atoms with E-state index in [2.05, 4.69) is 31.3 Å². The molecule has 0 saturated carbocycles. The lowest BCUT2D eigenvalue weighted by atomic mass is 10.1. The molecule has 0 saturated heterocycles. The van der Waals surface area contributed by atoms with Gasteiger partial charge in [-0.25, -0.2) is 4.98 Å². The second-order valence-electron chi connectivity index (χ2n) is 5.08. The molecule has 0 aliphatic heterocycles. The predicted molar refractivity (Wildman–Crippen MR) is 86.8 cm³/mol. The largest absolute Gasteiger partial charge is 0.356 e. The van der Waals surface area contributed by atoms with Crippen LogP contribution in [0.2, 0.25) is 0 Å². The van der Waals surface area contributed by atoms with E-state index in [0.29, 0.717) is 13.0 Å². The second-order valence-corrected chi connectivity index (χ2v) is 5.86. The summed E-state index contributed by atoms with van der Waals surface area (Å²) in [6.07, 6.45) is 8.63. The Bertz CT molecular complexity index is 640. The molecule has 22 heavy (non-hydrogen) atoms. The van der Waals surface area contributed by atoms with Crippen molar-refractivity contribution in [2.24, 2.45) is 0 Å². The van der Waals surface area contributed by atoms with E-state index in [9.17, 15) is 4.79 Å². The lowest BCUT2D eigenvalue weighted by molar-refractivity contribution is -0.121. The minimum absolute atomic E-state index is 0.0494. The monoisotopic (exact) mass is 314 g/mol. The lowest BCUT2D eigenvalue weighted by Crippen LogP contribution is -2.28. The Hall–Kier alpha value is -2.34. The molecule has 0 radical (unpaired) electrons. The van der Waals surface area contributed by atoms with Gasteiger partial charge in [0.25, 0.3) is 0 Å². The molecule has 3 rings (SSSR count). The molecule has 3 heterocycles. The normalized spacial score (nSPS) is 12.2. The maximum absolute atomic E-state index is 12.2. The molecule has 5 nitrogen and oxygen atoms in total. The molecule has 1 amide bonds. The summed E-state index contributed by atoms with van der Waals surface area (Å²) in [5.41, 5.74) is 2.20. The molecule has 0 aliphatic rings. The van der Waals surface area contributed by atoms with Gasteiger partial charge in [0.1, 0.15) is 0 Å². The van der Waals surface area contributed by atoms with Gasteiger partial charge in [-0.2, -0.15) is 11.3 Å². The standard InChI is InChI=1S/C16H18N4OS/c21-16(18-5-3-14-10-17-12-19-14)9-15(13-4-8-22-11-13)20-6-1-2-7-20/h1-2,4,6-8,10-12,15H,3,5,9H2,(H,17,19)(H,18,21). The van der Waals surface area contributed by atoms with Gasteiger partial charge in [-0.15, -0.1) is 0 Å². The summed E-state index contributed by atoms with van der Waals surface area (Å²) in [5.74, 6) is 0.0596. The van der Waals surface area contributed by atoms with Crippen LogP contribution in [0.3, 0.4) is 0 Å². The first-order chi connectivity index (χ1) is 10.8. The van der Waals surface area contributed by atoms with Crippen molar-refractivity contribution in [1.82, 2.24) is 19.9 Å². The maximum atomic E-state index is 12.2. The van der Waals surface area contributed by atoms with Crippen LogP contribution in [0.5, 0.6) is 0 Å². The van der Waals surface area contributed by atoms with E-state index in [1.165, 1.54) is 5.56 Å².